The van der Waals surface area contributed by atoms with Crippen molar-refractivity contribution in [2.24, 2.45) is 0 Å². The van der Waals surface area contributed by atoms with Crippen molar-refractivity contribution in [2.75, 3.05) is 19.4 Å². The minimum absolute atomic E-state index is 0.131. The van der Waals surface area contributed by atoms with Crippen molar-refractivity contribution in [2.45, 2.75) is 354 Å². The Labute approximate surface area is 411 Å². The van der Waals surface area contributed by atoms with Crippen molar-refractivity contribution in [1.29, 1.82) is 0 Å². The van der Waals surface area contributed by atoms with Crippen LogP contribution in [0.15, 0.2) is 0 Å². The third-order valence-electron chi connectivity index (χ3n) is 14.7. The molecule has 0 aromatic carbocycles. The molecule has 0 radical (unpaired) electrons. The number of carbonyl (C=O) groups is 1. The highest BCUT2D eigenvalue weighted by molar-refractivity contribution is 8.13. The summed E-state index contributed by atoms with van der Waals surface area (Å²) in [7, 11) is 0.960. The molecule has 0 aliphatic heterocycles. The van der Waals surface area contributed by atoms with Gasteiger partial charge in [-0.1, -0.05) is 315 Å². The van der Waals surface area contributed by atoms with E-state index >= 15 is 0 Å². The minimum atomic E-state index is -1.26. The number of nitrogens with one attached hydrogen (secondary N) is 1. The first kappa shape index (κ1) is 64.2. The number of rotatable bonds is 56. The van der Waals surface area contributed by atoms with Gasteiger partial charge in [0.1, 0.15) is 0 Å². The summed E-state index contributed by atoms with van der Waals surface area (Å²) < 4.78 is 6.80. The molecule has 384 valence electrons. The normalized spacial score (nSPS) is 12.5. The minimum Gasteiger partial charge on any atom is -0.418 e. The molecule has 1 unspecified atom stereocenters. The number of thioether (sulfide) groups is 1. The van der Waals surface area contributed by atoms with Gasteiger partial charge in [0, 0.05) is 17.7 Å². The number of hydrogen-bond donors (Lipinski definition) is 1. The zero-order valence-corrected chi connectivity index (χ0v) is 47.0. The van der Waals surface area contributed by atoms with Crippen LogP contribution in [0.3, 0.4) is 0 Å². The fourth-order valence-corrected chi connectivity index (χ4v) is 12.6. The summed E-state index contributed by atoms with van der Waals surface area (Å²) in [5.41, 5.74) is 0.131. The van der Waals surface area contributed by atoms with Crippen molar-refractivity contribution in [3.8, 4) is 0 Å². The van der Waals surface area contributed by atoms with Gasteiger partial charge in [0.2, 0.25) is 0 Å². The molecule has 0 aromatic rings. The first-order valence-electron chi connectivity index (χ1n) is 30.0. The molecule has 0 spiro atoms. The summed E-state index contributed by atoms with van der Waals surface area (Å²) in [5.74, 6) is 0.980. The highest BCUT2D eigenvalue weighted by Gasteiger charge is 2.28. The van der Waals surface area contributed by atoms with E-state index in [-0.39, 0.29) is 5.54 Å². The Morgan fingerprint density at radius 3 is 0.953 bits per heavy atom. The van der Waals surface area contributed by atoms with E-state index in [9.17, 15) is 4.79 Å². The van der Waals surface area contributed by atoms with Crippen LogP contribution in [0.5, 0.6) is 0 Å². The summed E-state index contributed by atoms with van der Waals surface area (Å²) >= 11 is 1.60. The molecule has 0 aliphatic carbocycles. The third kappa shape index (κ3) is 48.6. The summed E-state index contributed by atoms with van der Waals surface area (Å²) in [4.78, 5) is 12.6. The second kappa shape index (κ2) is 54.1. The fraction of sp³-hybridized carbons (Fsp3) is 0.983. The number of unbranched alkanes of at least 4 members (excludes halogenated alkanes) is 42. The predicted octanol–water partition coefficient (Wildman–Crippen LogP) is 20.7. The Bertz CT molecular complexity index is 851. The van der Waals surface area contributed by atoms with Gasteiger partial charge in [0.15, 0.2) is 14.2 Å². The Kier molecular flexibility index (Phi) is 54.2. The quantitative estimate of drug-likeness (QED) is 0.0487. The molecule has 0 heterocycles. The lowest BCUT2D eigenvalue weighted by molar-refractivity contribution is -0.111. The van der Waals surface area contributed by atoms with Crippen LogP contribution in [0.2, 0.25) is 12.6 Å². The van der Waals surface area contributed by atoms with E-state index in [0.717, 1.165) is 31.6 Å². The van der Waals surface area contributed by atoms with Gasteiger partial charge in [0.25, 0.3) is 0 Å². The van der Waals surface area contributed by atoms with Crippen LogP contribution in [0.1, 0.15) is 335 Å². The monoisotopic (exact) mass is 936 g/mol. The van der Waals surface area contributed by atoms with Gasteiger partial charge in [-0.15, -0.1) is 0 Å². The van der Waals surface area contributed by atoms with Crippen LogP contribution in [-0.2, 0) is 9.22 Å². The van der Waals surface area contributed by atoms with Gasteiger partial charge >= 0.3 is 0 Å². The van der Waals surface area contributed by atoms with Crippen molar-refractivity contribution >= 4 is 25.9 Å². The SMILES string of the molecule is CCCCCCCCCCCCCCCCCCC(CCCCCCCCCCCCCCCCCC)(CO[SiH](C)CCCSC(=O)CCCCCCCCCCCCCCC)NC. The first-order valence-corrected chi connectivity index (χ1v) is 33.4. The summed E-state index contributed by atoms with van der Waals surface area (Å²) in [6.07, 6.45) is 67.8. The summed E-state index contributed by atoms with van der Waals surface area (Å²) in [6.45, 7) is 10.2. The first-order chi connectivity index (χ1) is 31.5. The molecule has 0 rings (SSSR count). The Morgan fingerprint density at radius 1 is 0.406 bits per heavy atom. The van der Waals surface area contributed by atoms with Gasteiger partial charge in [-0.2, -0.15) is 0 Å². The van der Waals surface area contributed by atoms with Crippen LogP contribution in [0.25, 0.3) is 0 Å². The van der Waals surface area contributed by atoms with E-state index in [1.165, 1.54) is 301 Å². The molecule has 64 heavy (non-hydrogen) atoms. The van der Waals surface area contributed by atoms with E-state index in [2.05, 4.69) is 39.7 Å². The second-order valence-electron chi connectivity index (χ2n) is 21.1. The van der Waals surface area contributed by atoms with Gasteiger partial charge in [-0.05, 0) is 45.3 Å². The Hall–Kier alpha value is 0.157. The Morgan fingerprint density at radius 2 is 0.672 bits per heavy atom. The standard InChI is InChI=1S/C59H121NO2SSi/c1-6-9-12-15-18-21-24-27-29-31-34-37-40-43-46-49-53-59(60-4,54-50-47-44-41-38-35-32-30-28-25-22-19-16-13-10-7-2)57-62-64(5)56-51-55-63-58(61)52-48-45-42-39-36-33-26-23-20-17-14-11-8-3/h60,64H,6-57H2,1-5H3. The van der Waals surface area contributed by atoms with Crippen LogP contribution in [0.4, 0.5) is 0 Å². The van der Waals surface area contributed by atoms with E-state index in [0.29, 0.717) is 5.12 Å². The van der Waals surface area contributed by atoms with Crippen LogP contribution < -0.4 is 5.32 Å². The molecule has 0 saturated carbocycles. The molecule has 0 aromatic heterocycles. The van der Waals surface area contributed by atoms with Crippen LogP contribution >= 0.6 is 11.8 Å². The fourth-order valence-electron chi connectivity index (χ4n) is 9.92. The summed E-state index contributed by atoms with van der Waals surface area (Å²) in [6, 6.07) is 1.19. The zero-order chi connectivity index (χ0) is 46.5. The molecule has 0 bridgehead atoms. The molecule has 1 atom stereocenters. The maximum absolute atomic E-state index is 12.6. The molecule has 0 saturated heterocycles. The zero-order valence-electron chi connectivity index (χ0n) is 45.1. The maximum atomic E-state index is 12.6. The lowest BCUT2D eigenvalue weighted by Crippen LogP contribution is -2.48. The van der Waals surface area contributed by atoms with Crippen LogP contribution in [0, 0.1) is 0 Å². The van der Waals surface area contributed by atoms with E-state index < -0.39 is 9.04 Å². The van der Waals surface area contributed by atoms with Crippen LogP contribution in [-0.4, -0.2) is 39.1 Å². The predicted molar refractivity (Wildman–Crippen MR) is 296 cm³/mol. The molecular weight excluding hydrogens is 815 g/mol. The smallest absolute Gasteiger partial charge is 0.188 e. The highest BCUT2D eigenvalue weighted by Crippen LogP contribution is 2.26. The second-order valence-corrected chi connectivity index (χ2v) is 24.8. The van der Waals surface area contributed by atoms with Gasteiger partial charge in [0.05, 0.1) is 6.61 Å². The average Bonchev–Trinajstić information content (AvgIpc) is 3.30. The van der Waals surface area contributed by atoms with Gasteiger partial charge in [-0.3, -0.25) is 4.79 Å². The third-order valence-corrected chi connectivity index (χ3v) is 17.7. The van der Waals surface area contributed by atoms with Crippen molar-refractivity contribution in [1.82, 2.24) is 5.32 Å². The molecule has 1 N–H and O–H groups in total. The number of carbonyl (C=O) groups excluding carboxylic acids is 1. The van der Waals surface area contributed by atoms with E-state index in [1.807, 2.05) is 0 Å². The highest BCUT2D eigenvalue weighted by atomic mass is 32.2. The van der Waals surface area contributed by atoms with E-state index in [4.69, 9.17) is 4.43 Å². The topological polar surface area (TPSA) is 38.3 Å². The van der Waals surface area contributed by atoms with E-state index in [1.54, 1.807) is 11.8 Å². The molecule has 3 nitrogen and oxygen atoms in total. The average molecular weight is 937 g/mol. The molecule has 0 amide bonds. The van der Waals surface area contributed by atoms with Gasteiger partial charge < -0.3 is 9.74 Å². The maximum Gasteiger partial charge on any atom is 0.188 e. The molecule has 0 fully saturated rings. The van der Waals surface area contributed by atoms with Crippen molar-refractivity contribution in [3.63, 3.8) is 0 Å². The largest absolute Gasteiger partial charge is 0.418 e. The lowest BCUT2D eigenvalue weighted by Gasteiger charge is -2.35. The van der Waals surface area contributed by atoms with Crippen molar-refractivity contribution < 1.29 is 9.22 Å². The Balaban J connectivity index is 4.36. The number of likely N-dealkylation sites (N-methyl/N-ethyl adjacent to an activating group) is 1. The molecule has 0 aliphatic rings. The summed E-state index contributed by atoms with van der Waals surface area (Å²) in [5, 5.41) is 4.28. The number of hydrogen-bond acceptors (Lipinski definition) is 4. The van der Waals surface area contributed by atoms with Gasteiger partial charge in [-0.25, -0.2) is 0 Å². The molecular formula is C59H121NO2SSi. The molecule has 5 heteroatoms. The lowest BCUT2D eigenvalue weighted by atomic mass is 9.87. The van der Waals surface area contributed by atoms with Crippen molar-refractivity contribution in [3.05, 3.63) is 0 Å².